The smallest absolute Gasteiger partial charge is 0.317 e. The fraction of sp³-hybridized carbons (Fsp3) is 0.857. The molecule has 2 fully saturated rings. The molecule has 0 unspecified atom stereocenters. The zero-order valence-electron chi connectivity index (χ0n) is 12.2. The molecular formula is C14H24N2O4. The Hall–Kier alpha value is -1.30. The van der Waals surface area contributed by atoms with Gasteiger partial charge in [0.1, 0.15) is 5.60 Å². The molecule has 1 aliphatic carbocycles. The van der Waals surface area contributed by atoms with E-state index >= 15 is 0 Å². The highest BCUT2D eigenvalue weighted by molar-refractivity contribution is 5.76. The van der Waals surface area contributed by atoms with Gasteiger partial charge in [-0.3, -0.25) is 4.79 Å². The first kappa shape index (κ1) is 15.1. The standard InChI is InChI=1S/C14H24N2O4/c1-3-20-14(2)8-16(9-14)13(19)15-11-6-4-10(5-7-11)12(17)18/h10-11H,3-9H2,1-2H3,(H,15,19)(H,17,18). The fourth-order valence-electron chi connectivity index (χ4n) is 3.10. The highest BCUT2D eigenvalue weighted by Gasteiger charge is 2.42. The quantitative estimate of drug-likeness (QED) is 0.819. The summed E-state index contributed by atoms with van der Waals surface area (Å²) in [6.45, 7) is 5.87. The van der Waals surface area contributed by atoms with E-state index in [9.17, 15) is 9.59 Å². The van der Waals surface area contributed by atoms with Crippen molar-refractivity contribution in [3.05, 3.63) is 0 Å². The number of nitrogens with one attached hydrogen (secondary N) is 1. The molecule has 0 radical (unpaired) electrons. The van der Waals surface area contributed by atoms with Crippen molar-refractivity contribution in [1.29, 1.82) is 0 Å². The van der Waals surface area contributed by atoms with Gasteiger partial charge in [-0.25, -0.2) is 4.79 Å². The van der Waals surface area contributed by atoms with E-state index in [0.29, 0.717) is 32.5 Å². The van der Waals surface area contributed by atoms with Gasteiger partial charge >= 0.3 is 12.0 Å². The number of hydrogen-bond acceptors (Lipinski definition) is 3. The third-order valence-corrected chi connectivity index (χ3v) is 4.23. The predicted molar refractivity (Wildman–Crippen MR) is 73.5 cm³/mol. The van der Waals surface area contributed by atoms with Crippen molar-refractivity contribution in [1.82, 2.24) is 10.2 Å². The highest BCUT2D eigenvalue weighted by Crippen LogP contribution is 2.27. The van der Waals surface area contributed by atoms with Crippen LogP contribution >= 0.6 is 0 Å². The monoisotopic (exact) mass is 284 g/mol. The number of hydrogen-bond donors (Lipinski definition) is 2. The molecule has 6 heteroatoms. The van der Waals surface area contributed by atoms with Crippen molar-refractivity contribution in [2.45, 2.75) is 51.2 Å². The van der Waals surface area contributed by atoms with E-state index in [4.69, 9.17) is 9.84 Å². The van der Waals surface area contributed by atoms with E-state index < -0.39 is 5.97 Å². The lowest BCUT2D eigenvalue weighted by Gasteiger charge is -2.47. The normalized spacial score (nSPS) is 28.6. The van der Waals surface area contributed by atoms with Gasteiger partial charge in [0.15, 0.2) is 0 Å². The van der Waals surface area contributed by atoms with Crippen LogP contribution < -0.4 is 5.32 Å². The Labute approximate surface area is 119 Å². The number of likely N-dealkylation sites (tertiary alicyclic amines) is 1. The van der Waals surface area contributed by atoms with Crippen LogP contribution in [0.1, 0.15) is 39.5 Å². The van der Waals surface area contributed by atoms with Gasteiger partial charge < -0.3 is 20.1 Å². The Morgan fingerprint density at radius 3 is 2.40 bits per heavy atom. The van der Waals surface area contributed by atoms with Crippen LogP contribution in [0, 0.1) is 5.92 Å². The number of carboxylic acid groups (broad SMARTS) is 1. The fourth-order valence-corrected chi connectivity index (χ4v) is 3.10. The van der Waals surface area contributed by atoms with E-state index in [0.717, 1.165) is 12.8 Å². The Morgan fingerprint density at radius 1 is 1.30 bits per heavy atom. The Bertz CT molecular complexity index is 371. The molecule has 20 heavy (non-hydrogen) atoms. The minimum atomic E-state index is -0.718. The van der Waals surface area contributed by atoms with Crippen molar-refractivity contribution in [3.63, 3.8) is 0 Å². The number of aliphatic carboxylic acids is 1. The van der Waals surface area contributed by atoms with Gasteiger partial charge in [-0.15, -0.1) is 0 Å². The SMILES string of the molecule is CCOC1(C)CN(C(=O)NC2CCC(C(=O)O)CC2)C1. The number of carbonyl (C=O) groups excluding carboxylic acids is 1. The molecule has 1 aliphatic heterocycles. The number of nitrogens with zero attached hydrogens (tertiary/aromatic N) is 1. The summed E-state index contributed by atoms with van der Waals surface area (Å²) >= 11 is 0. The zero-order chi connectivity index (χ0) is 14.8. The lowest BCUT2D eigenvalue weighted by atomic mass is 9.86. The van der Waals surface area contributed by atoms with Crippen LogP contribution in [0.4, 0.5) is 4.79 Å². The number of carboxylic acids is 1. The highest BCUT2D eigenvalue weighted by atomic mass is 16.5. The van der Waals surface area contributed by atoms with Crippen LogP contribution in [0.5, 0.6) is 0 Å². The van der Waals surface area contributed by atoms with Crippen LogP contribution in [0.15, 0.2) is 0 Å². The van der Waals surface area contributed by atoms with Crippen molar-refractivity contribution in [3.8, 4) is 0 Å². The summed E-state index contributed by atoms with van der Waals surface area (Å²) in [5.41, 5.74) is -0.201. The molecule has 2 amide bonds. The van der Waals surface area contributed by atoms with E-state index in [-0.39, 0.29) is 23.6 Å². The molecule has 2 N–H and O–H groups in total. The van der Waals surface area contributed by atoms with Gasteiger partial charge in [0.25, 0.3) is 0 Å². The third-order valence-electron chi connectivity index (χ3n) is 4.23. The molecular weight excluding hydrogens is 260 g/mol. The summed E-state index contributed by atoms with van der Waals surface area (Å²) in [5, 5.41) is 11.9. The Balaban J connectivity index is 1.71. The molecule has 1 saturated heterocycles. The maximum Gasteiger partial charge on any atom is 0.317 e. The van der Waals surface area contributed by atoms with E-state index in [1.54, 1.807) is 4.90 Å². The summed E-state index contributed by atoms with van der Waals surface area (Å²) in [6.07, 6.45) is 2.80. The van der Waals surface area contributed by atoms with Gasteiger partial charge in [-0.1, -0.05) is 0 Å². The van der Waals surface area contributed by atoms with Crippen LogP contribution in [-0.4, -0.2) is 53.3 Å². The predicted octanol–water partition coefficient (Wildman–Crippen LogP) is 1.45. The van der Waals surface area contributed by atoms with E-state index in [2.05, 4.69) is 5.32 Å². The minimum Gasteiger partial charge on any atom is -0.481 e. The largest absolute Gasteiger partial charge is 0.481 e. The topological polar surface area (TPSA) is 78.9 Å². The maximum absolute atomic E-state index is 12.0. The van der Waals surface area contributed by atoms with Crippen molar-refractivity contribution in [2.24, 2.45) is 5.92 Å². The second-order valence-electron chi connectivity index (χ2n) is 6.08. The van der Waals surface area contributed by atoms with Crippen molar-refractivity contribution in [2.75, 3.05) is 19.7 Å². The van der Waals surface area contributed by atoms with Crippen molar-refractivity contribution >= 4 is 12.0 Å². The average Bonchev–Trinajstić information content (AvgIpc) is 2.36. The summed E-state index contributed by atoms with van der Waals surface area (Å²) in [5.74, 6) is -0.960. The molecule has 2 aliphatic rings. The Morgan fingerprint density at radius 2 is 1.90 bits per heavy atom. The van der Waals surface area contributed by atoms with Crippen LogP contribution in [0.3, 0.4) is 0 Å². The second kappa shape index (κ2) is 5.99. The first-order valence-electron chi connectivity index (χ1n) is 7.36. The van der Waals surface area contributed by atoms with Gasteiger partial charge in [-0.2, -0.15) is 0 Å². The number of amides is 2. The molecule has 2 rings (SSSR count). The third kappa shape index (κ3) is 3.42. The molecule has 0 aromatic rings. The first-order chi connectivity index (χ1) is 9.43. The lowest BCUT2D eigenvalue weighted by Crippen LogP contribution is -2.65. The maximum atomic E-state index is 12.0. The molecule has 0 atom stereocenters. The molecule has 114 valence electrons. The molecule has 1 saturated carbocycles. The number of ether oxygens (including phenoxy) is 1. The van der Waals surface area contributed by atoms with E-state index in [1.807, 2.05) is 13.8 Å². The number of urea groups is 1. The molecule has 1 heterocycles. The van der Waals surface area contributed by atoms with Gasteiger partial charge in [-0.05, 0) is 39.5 Å². The first-order valence-corrected chi connectivity index (χ1v) is 7.36. The number of rotatable bonds is 4. The Kier molecular flexibility index (Phi) is 4.52. The molecule has 0 bridgehead atoms. The van der Waals surface area contributed by atoms with Crippen LogP contribution in [0.2, 0.25) is 0 Å². The van der Waals surface area contributed by atoms with Crippen LogP contribution in [-0.2, 0) is 9.53 Å². The van der Waals surface area contributed by atoms with Gasteiger partial charge in [0.05, 0.1) is 19.0 Å². The minimum absolute atomic E-state index is 0.0547. The molecule has 6 nitrogen and oxygen atoms in total. The lowest BCUT2D eigenvalue weighted by molar-refractivity contribution is -0.142. The zero-order valence-corrected chi connectivity index (χ0v) is 12.2. The summed E-state index contributed by atoms with van der Waals surface area (Å²) < 4.78 is 5.59. The average molecular weight is 284 g/mol. The van der Waals surface area contributed by atoms with E-state index in [1.165, 1.54) is 0 Å². The molecule has 0 aromatic heterocycles. The summed E-state index contributed by atoms with van der Waals surface area (Å²) in [4.78, 5) is 24.7. The number of carbonyl (C=O) groups is 2. The molecule has 0 aromatic carbocycles. The van der Waals surface area contributed by atoms with Gasteiger partial charge in [0, 0.05) is 12.6 Å². The summed E-state index contributed by atoms with van der Waals surface area (Å²) in [6, 6.07) is 0.0537. The molecule has 0 spiro atoms. The van der Waals surface area contributed by atoms with Gasteiger partial charge in [0.2, 0.25) is 0 Å². The van der Waals surface area contributed by atoms with Crippen LogP contribution in [0.25, 0.3) is 0 Å². The van der Waals surface area contributed by atoms with Crippen molar-refractivity contribution < 1.29 is 19.4 Å². The summed E-state index contributed by atoms with van der Waals surface area (Å²) in [7, 11) is 0. The second-order valence-corrected chi connectivity index (χ2v) is 6.08.